The molecular weight excluding hydrogens is 438 g/mol. The highest BCUT2D eigenvalue weighted by Crippen LogP contribution is 2.60. The minimum absolute atomic E-state index is 0.0447. The van der Waals surface area contributed by atoms with Gasteiger partial charge in [-0.15, -0.1) is 0 Å². The molecule has 1 saturated heterocycles. The van der Waals surface area contributed by atoms with Crippen molar-refractivity contribution in [3.05, 3.63) is 106 Å². The molecule has 164 valence electrons. The molecule has 1 aliphatic heterocycles. The van der Waals surface area contributed by atoms with Crippen LogP contribution >= 0.6 is 11.6 Å². The van der Waals surface area contributed by atoms with Crippen LogP contribution in [0.25, 0.3) is 0 Å². The van der Waals surface area contributed by atoms with Gasteiger partial charge in [0.2, 0.25) is 11.8 Å². The van der Waals surface area contributed by atoms with E-state index in [4.69, 9.17) is 16.3 Å². The van der Waals surface area contributed by atoms with E-state index in [0.29, 0.717) is 10.6 Å². The van der Waals surface area contributed by atoms with Crippen LogP contribution in [0.3, 0.4) is 0 Å². The molecule has 6 heteroatoms. The van der Waals surface area contributed by atoms with E-state index in [0.717, 1.165) is 22.3 Å². The number of likely N-dealkylation sites (tertiary alicyclic amines) is 1. The van der Waals surface area contributed by atoms with Crippen LogP contribution in [0.1, 0.15) is 44.4 Å². The molecule has 2 bridgehead atoms. The van der Waals surface area contributed by atoms with Gasteiger partial charge in [-0.1, -0.05) is 66.2 Å². The topological polar surface area (TPSA) is 63.7 Å². The molecular formula is C27H20ClNO4. The normalized spacial score (nSPS) is 24.3. The summed E-state index contributed by atoms with van der Waals surface area (Å²) in [7, 11) is 0. The van der Waals surface area contributed by atoms with Crippen molar-refractivity contribution in [3.8, 4) is 0 Å². The summed E-state index contributed by atoms with van der Waals surface area (Å²) in [5.74, 6) is -2.00. The van der Waals surface area contributed by atoms with Crippen LogP contribution in [-0.4, -0.2) is 35.8 Å². The van der Waals surface area contributed by atoms with E-state index < -0.39 is 17.8 Å². The number of benzene rings is 3. The maximum atomic E-state index is 13.5. The predicted molar refractivity (Wildman–Crippen MR) is 122 cm³/mol. The standard InChI is InChI=1S/C27H20ClNO4/c28-16-7-5-6-15(14-16)27(32)33-13-12-29-25(30)23-21-17-8-1-2-9-18(17)22(24(23)26(29)31)20-11-4-3-10-19(20)21/h1-11,14,21-24H,12-13H2/t21?,22?,23-,24-/m1/s1. The Kier molecular flexibility index (Phi) is 4.63. The molecule has 2 atom stereocenters. The maximum Gasteiger partial charge on any atom is 0.338 e. The largest absolute Gasteiger partial charge is 0.460 e. The van der Waals surface area contributed by atoms with Crippen LogP contribution in [0.15, 0.2) is 72.8 Å². The van der Waals surface area contributed by atoms with Crippen molar-refractivity contribution in [2.24, 2.45) is 11.8 Å². The summed E-state index contributed by atoms with van der Waals surface area (Å²) in [6.45, 7) is -0.0133. The number of rotatable bonds is 4. The Bertz CT molecular complexity index is 1200. The average Bonchev–Trinajstić information content (AvgIpc) is 3.09. The molecule has 0 N–H and O–H groups in total. The molecule has 3 aliphatic carbocycles. The Morgan fingerprint density at radius 1 is 0.788 bits per heavy atom. The fourth-order valence-corrected chi connectivity index (χ4v) is 6.08. The maximum absolute atomic E-state index is 13.5. The van der Waals surface area contributed by atoms with E-state index in [9.17, 15) is 14.4 Å². The van der Waals surface area contributed by atoms with Gasteiger partial charge in [0.05, 0.1) is 23.9 Å². The predicted octanol–water partition coefficient (Wildman–Crippen LogP) is 4.39. The van der Waals surface area contributed by atoms with Crippen molar-refractivity contribution in [1.29, 1.82) is 0 Å². The summed E-state index contributed by atoms with van der Waals surface area (Å²) in [6, 6.07) is 22.7. The lowest BCUT2D eigenvalue weighted by Crippen LogP contribution is -2.41. The van der Waals surface area contributed by atoms with Gasteiger partial charge in [-0.25, -0.2) is 4.79 Å². The van der Waals surface area contributed by atoms with E-state index in [1.54, 1.807) is 18.2 Å². The molecule has 0 aromatic heterocycles. The second-order valence-electron chi connectivity index (χ2n) is 8.74. The second-order valence-corrected chi connectivity index (χ2v) is 9.18. The summed E-state index contributed by atoms with van der Waals surface area (Å²) in [6.07, 6.45) is 0. The zero-order chi connectivity index (χ0) is 22.7. The number of hydrogen-bond donors (Lipinski definition) is 0. The molecule has 33 heavy (non-hydrogen) atoms. The molecule has 0 spiro atoms. The minimum atomic E-state index is -0.533. The summed E-state index contributed by atoms with van der Waals surface area (Å²) in [5, 5.41) is 0.438. The quantitative estimate of drug-likeness (QED) is 0.430. The van der Waals surface area contributed by atoms with Gasteiger partial charge >= 0.3 is 5.97 Å². The van der Waals surface area contributed by atoms with E-state index in [2.05, 4.69) is 24.3 Å². The first-order valence-electron chi connectivity index (χ1n) is 11.0. The van der Waals surface area contributed by atoms with Crippen molar-refractivity contribution < 1.29 is 19.1 Å². The Morgan fingerprint density at radius 2 is 1.30 bits per heavy atom. The summed E-state index contributed by atoms with van der Waals surface area (Å²) in [4.78, 5) is 40.6. The molecule has 3 aromatic carbocycles. The molecule has 0 radical (unpaired) electrons. The highest BCUT2D eigenvalue weighted by molar-refractivity contribution is 6.30. The lowest BCUT2D eigenvalue weighted by molar-refractivity contribution is -0.140. The number of hydrogen-bond acceptors (Lipinski definition) is 4. The number of carbonyl (C=O) groups is 3. The smallest absolute Gasteiger partial charge is 0.338 e. The van der Waals surface area contributed by atoms with Gasteiger partial charge in [0.25, 0.3) is 0 Å². The Balaban J connectivity index is 1.27. The molecule has 7 rings (SSSR count). The van der Waals surface area contributed by atoms with Gasteiger partial charge in [-0.3, -0.25) is 14.5 Å². The molecule has 1 heterocycles. The number of imide groups is 1. The van der Waals surface area contributed by atoms with Crippen LogP contribution in [0.5, 0.6) is 0 Å². The van der Waals surface area contributed by atoms with Crippen molar-refractivity contribution in [1.82, 2.24) is 4.90 Å². The number of nitrogens with zero attached hydrogens (tertiary/aromatic N) is 1. The van der Waals surface area contributed by atoms with E-state index in [1.165, 1.54) is 11.0 Å². The Morgan fingerprint density at radius 3 is 1.79 bits per heavy atom. The molecule has 5 nitrogen and oxygen atoms in total. The number of ether oxygens (including phenoxy) is 1. The van der Waals surface area contributed by atoms with E-state index in [1.807, 2.05) is 24.3 Å². The first-order valence-corrected chi connectivity index (χ1v) is 11.4. The number of halogens is 1. The third-order valence-electron chi connectivity index (χ3n) is 7.15. The van der Waals surface area contributed by atoms with Gasteiger partial charge in [-0.05, 0) is 40.5 Å². The van der Waals surface area contributed by atoms with Crippen LogP contribution in [0.2, 0.25) is 5.02 Å². The number of esters is 1. The summed E-state index contributed by atoms with van der Waals surface area (Å²) < 4.78 is 5.34. The van der Waals surface area contributed by atoms with Crippen LogP contribution in [0.4, 0.5) is 0 Å². The van der Waals surface area contributed by atoms with Gasteiger partial charge in [-0.2, -0.15) is 0 Å². The van der Waals surface area contributed by atoms with Crippen molar-refractivity contribution in [3.63, 3.8) is 0 Å². The molecule has 3 aromatic rings. The fraction of sp³-hybridized carbons (Fsp3) is 0.222. The fourth-order valence-electron chi connectivity index (χ4n) is 5.89. The highest BCUT2D eigenvalue weighted by atomic mass is 35.5. The van der Waals surface area contributed by atoms with Crippen molar-refractivity contribution >= 4 is 29.4 Å². The second kappa shape index (κ2) is 7.56. The third-order valence-corrected chi connectivity index (χ3v) is 7.38. The van der Waals surface area contributed by atoms with Crippen LogP contribution in [0, 0.1) is 11.8 Å². The zero-order valence-corrected chi connectivity index (χ0v) is 18.4. The lowest BCUT2D eigenvalue weighted by Gasteiger charge is -2.45. The van der Waals surface area contributed by atoms with Gasteiger partial charge in [0, 0.05) is 16.9 Å². The van der Waals surface area contributed by atoms with Crippen molar-refractivity contribution in [2.45, 2.75) is 11.8 Å². The highest BCUT2D eigenvalue weighted by Gasteiger charge is 2.61. The lowest BCUT2D eigenvalue weighted by atomic mass is 9.55. The van der Waals surface area contributed by atoms with Crippen LogP contribution < -0.4 is 0 Å². The van der Waals surface area contributed by atoms with Crippen molar-refractivity contribution in [2.75, 3.05) is 13.2 Å². The average molecular weight is 458 g/mol. The van der Waals surface area contributed by atoms with Gasteiger partial charge < -0.3 is 4.74 Å². The minimum Gasteiger partial charge on any atom is -0.460 e. The Labute approximate surface area is 195 Å². The van der Waals surface area contributed by atoms with E-state index >= 15 is 0 Å². The third kappa shape index (κ3) is 2.96. The number of carbonyl (C=O) groups excluding carboxylic acids is 3. The van der Waals surface area contributed by atoms with Gasteiger partial charge in [0.1, 0.15) is 6.61 Å². The summed E-state index contributed by atoms with van der Waals surface area (Å²) in [5.41, 5.74) is 4.88. The first kappa shape index (κ1) is 20.2. The molecule has 0 saturated carbocycles. The summed E-state index contributed by atoms with van der Waals surface area (Å²) >= 11 is 5.94. The molecule has 4 aliphatic rings. The molecule has 2 amide bonds. The Hall–Kier alpha value is -3.44. The monoisotopic (exact) mass is 457 g/mol. The van der Waals surface area contributed by atoms with Crippen LogP contribution in [-0.2, 0) is 14.3 Å². The molecule has 1 fully saturated rings. The zero-order valence-electron chi connectivity index (χ0n) is 17.6. The first-order chi connectivity index (χ1) is 16.1. The number of amides is 2. The SMILES string of the molecule is O=C(OCCN1C(=O)[C@@H]2C3c4ccccc4C(c4ccccc43)[C@H]2C1=O)c1cccc(Cl)c1. The van der Waals surface area contributed by atoms with E-state index in [-0.39, 0.29) is 36.8 Å². The van der Waals surface area contributed by atoms with Gasteiger partial charge in [0.15, 0.2) is 0 Å². The molecule has 0 unspecified atom stereocenters.